The van der Waals surface area contributed by atoms with Crippen molar-refractivity contribution < 1.29 is 23.7 Å². The Morgan fingerprint density at radius 2 is 2.00 bits per heavy atom. The molecule has 2 aromatic rings. The fraction of sp³-hybridized carbons (Fsp3) is 0.458. The van der Waals surface area contributed by atoms with Crippen molar-refractivity contribution in [2.45, 2.75) is 31.9 Å². The maximum atomic E-state index is 12.7. The predicted octanol–water partition coefficient (Wildman–Crippen LogP) is 3.66. The minimum atomic E-state index is 0.0192. The average Bonchev–Trinajstić information content (AvgIpc) is 3.54. The van der Waals surface area contributed by atoms with Crippen molar-refractivity contribution in [3.63, 3.8) is 0 Å². The van der Waals surface area contributed by atoms with Gasteiger partial charge in [0.15, 0.2) is 11.5 Å². The van der Waals surface area contributed by atoms with E-state index in [9.17, 15) is 4.79 Å². The summed E-state index contributed by atoms with van der Waals surface area (Å²) in [5.41, 5.74) is 3.04. The van der Waals surface area contributed by atoms with Crippen molar-refractivity contribution in [1.82, 2.24) is 4.90 Å². The van der Waals surface area contributed by atoms with Gasteiger partial charge in [0, 0.05) is 24.4 Å². The Morgan fingerprint density at radius 3 is 2.77 bits per heavy atom. The average molecular weight is 409 g/mol. The number of amides is 1. The van der Waals surface area contributed by atoms with Crippen molar-refractivity contribution in [3.05, 3.63) is 42.0 Å². The number of carbonyl (C=O) groups is 1. The van der Waals surface area contributed by atoms with E-state index in [4.69, 9.17) is 18.9 Å². The molecule has 3 aliphatic rings. The molecular weight excluding hydrogens is 382 g/mol. The molecule has 2 aliphatic heterocycles. The minimum Gasteiger partial charge on any atom is -0.497 e. The SMILES string of the molecule is COc1cccc(-c2cc3c(c(OC4CCOC4)c2)OCCN(C(=O)C2CC2)C3)c1. The number of hydrogen-bond donors (Lipinski definition) is 0. The van der Waals surface area contributed by atoms with E-state index in [1.165, 1.54) is 0 Å². The summed E-state index contributed by atoms with van der Waals surface area (Å²) in [6, 6.07) is 12.1. The lowest BCUT2D eigenvalue weighted by atomic mass is 10.0. The van der Waals surface area contributed by atoms with E-state index >= 15 is 0 Å². The third kappa shape index (κ3) is 3.97. The Kier molecular flexibility index (Phi) is 5.25. The van der Waals surface area contributed by atoms with E-state index in [1.54, 1.807) is 7.11 Å². The van der Waals surface area contributed by atoms with Gasteiger partial charge in [0.05, 0.1) is 26.9 Å². The lowest BCUT2D eigenvalue weighted by Crippen LogP contribution is -2.33. The van der Waals surface area contributed by atoms with Crippen LogP contribution in [0.3, 0.4) is 0 Å². The van der Waals surface area contributed by atoms with Crippen LogP contribution in [0.2, 0.25) is 0 Å². The Hall–Kier alpha value is -2.73. The second-order valence-electron chi connectivity index (χ2n) is 8.18. The predicted molar refractivity (Wildman–Crippen MR) is 112 cm³/mol. The maximum Gasteiger partial charge on any atom is 0.226 e. The van der Waals surface area contributed by atoms with Gasteiger partial charge in [-0.15, -0.1) is 0 Å². The molecule has 0 radical (unpaired) electrons. The van der Waals surface area contributed by atoms with Gasteiger partial charge >= 0.3 is 0 Å². The van der Waals surface area contributed by atoms with Gasteiger partial charge in [0.25, 0.3) is 0 Å². The Balaban J connectivity index is 1.53. The van der Waals surface area contributed by atoms with Crippen molar-refractivity contribution in [2.75, 3.05) is 33.5 Å². The van der Waals surface area contributed by atoms with E-state index < -0.39 is 0 Å². The summed E-state index contributed by atoms with van der Waals surface area (Å²) in [5.74, 6) is 2.71. The van der Waals surface area contributed by atoms with Gasteiger partial charge in [0.2, 0.25) is 5.91 Å². The lowest BCUT2D eigenvalue weighted by molar-refractivity contribution is -0.133. The molecule has 6 heteroatoms. The highest BCUT2D eigenvalue weighted by molar-refractivity contribution is 5.81. The molecule has 0 aromatic heterocycles. The van der Waals surface area contributed by atoms with Gasteiger partial charge in [-0.05, 0) is 48.2 Å². The highest BCUT2D eigenvalue weighted by Crippen LogP contribution is 2.41. The molecule has 158 valence electrons. The molecule has 1 amide bonds. The van der Waals surface area contributed by atoms with Crippen LogP contribution in [-0.2, 0) is 16.1 Å². The largest absolute Gasteiger partial charge is 0.497 e. The number of methoxy groups -OCH3 is 1. The number of fused-ring (bicyclic) bond motifs is 1. The lowest BCUT2D eigenvalue weighted by Gasteiger charge is -2.21. The van der Waals surface area contributed by atoms with Crippen LogP contribution >= 0.6 is 0 Å². The van der Waals surface area contributed by atoms with Crippen LogP contribution in [0.4, 0.5) is 0 Å². The fourth-order valence-corrected chi connectivity index (χ4v) is 4.10. The molecule has 0 spiro atoms. The molecule has 2 heterocycles. The van der Waals surface area contributed by atoms with Crippen molar-refractivity contribution in [3.8, 4) is 28.4 Å². The van der Waals surface area contributed by atoms with Gasteiger partial charge in [-0.1, -0.05) is 12.1 Å². The molecule has 1 aliphatic carbocycles. The van der Waals surface area contributed by atoms with Crippen LogP contribution in [0.25, 0.3) is 11.1 Å². The molecule has 6 nitrogen and oxygen atoms in total. The first-order valence-corrected chi connectivity index (χ1v) is 10.7. The first-order valence-electron chi connectivity index (χ1n) is 10.7. The van der Waals surface area contributed by atoms with E-state index in [2.05, 4.69) is 12.1 Å². The molecule has 1 saturated carbocycles. The molecular formula is C24H27NO5. The molecule has 2 aromatic carbocycles. The second-order valence-corrected chi connectivity index (χ2v) is 8.18. The number of hydrogen-bond acceptors (Lipinski definition) is 5. The van der Waals surface area contributed by atoms with Gasteiger partial charge in [-0.3, -0.25) is 4.79 Å². The molecule has 1 unspecified atom stereocenters. The van der Waals surface area contributed by atoms with Crippen LogP contribution in [0.15, 0.2) is 36.4 Å². The minimum absolute atomic E-state index is 0.0192. The van der Waals surface area contributed by atoms with Crippen LogP contribution < -0.4 is 14.2 Å². The van der Waals surface area contributed by atoms with Crippen molar-refractivity contribution in [1.29, 1.82) is 0 Å². The first kappa shape index (κ1) is 19.2. The highest BCUT2D eigenvalue weighted by Gasteiger charge is 2.35. The Morgan fingerprint density at radius 1 is 1.10 bits per heavy atom. The number of nitrogens with zero attached hydrogens (tertiary/aromatic N) is 1. The number of benzene rings is 2. The molecule has 0 N–H and O–H groups in total. The highest BCUT2D eigenvalue weighted by atomic mass is 16.6. The van der Waals surface area contributed by atoms with Gasteiger partial charge in [0.1, 0.15) is 18.5 Å². The summed E-state index contributed by atoms with van der Waals surface area (Å²) >= 11 is 0. The molecule has 0 bridgehead atoms. The molecule has 2 fully saturated rings. The number of ether oxygens (including phenoxy) is 4. The summed E-state index contributed by atoms with van der Waals surface area (Å²) < 4.78 is 23.3. The molecule has 30 heavy (non-hydrogen) atoms. The summed E-state index contributed by atoms with van der Waals surface area (Å²) in [4.78, 5) is 14.7. The van der Waals surface area contributed by atoms with Gasteiger partial charge in [-0.25, -0.2) is 0 Å². The van der Waals surface area contributed by atoms with Gasteiger partial charge in [-0.2, -0.15) is 0 Å². The van der Waals surface area contributed by atoms with E-state index in [1.807, 2.05) is 29.2 Å². The first-order chi connectivity index (χ1) is 14.7. The molecule has 5 rings (SSSR count). The van der Waals surface area contributed by atoms with Crippen LogP contribution in [0.1, 0.15) is 24.8 Å². The second kappa shape index (κ2) is 8.19. The van der Waals surface area contributed by atoms with Crippen LogP contribution in [0.5, 0.6) is 17.2 Å². The maximum absolute atomic E-state index is 12.7. The Labute approximate surface area is 176 Å². The normalized spacial score (nSPS) is 20.8. The summed E-state index contributed by atoms with van der Waals surface area (Å²) in [6.07, 6.45) is 2.89. The zero-order chi connectivity index (χ0) is 20.5. The van der Waals surface area contributed by atoms with E-state index in [-0.39, 0.29) is 17.9 Å². The van der Waals surface area contributed by atoms with Crippen molar-refractivity contribution in [2.24, 2.45) is 5.92 Å². The smallest absolute Gasteiger partial charge is 0.226 e. The third-order valence-corrected chi connectivity index (χ3v) is 5.92. The van der Waals surface area contributed by atoms with Crippen LogP contribution in [-0.4, -0.2) is 50.4 Å². The number of rotatable bonds is 5. The number of carbonyl (C=O) groups excluding carboxylic acids is 1. The summed E-state index contributed by atoms with van der Waals surface area (Å²) in [5, 5.41) is 0. The molecule has 1 saturated heterocycles. The Bertz CT molecular complexity index is 933. The van der Waals surface area contributed by atoms with Gasteiger partial charge < -0.3 is 23.8 Å². The van der Waals surface area contributed by atoms with Crippen LogP contribution in [0, 0.1) is 5.92 Å². The van der Waals surface area contributed by atoms with E-state index in [0.717, 1.165) is 53.2 Å². The zero-order valence-electron chi connectivity index (χ0n) is 17.3. The van der Waals surface area contributed by atoms with Crippen molar-refractivity contribution >= 4 is 5.91 Å². The van der Waals surface area contributed by atoms with E-state index in [0.29, 0.717) is 32.9 Å². The standard InChI is InChI=1S/C24H27NO5/c1-27-20-4-2-3-17(12-20)18-11-19-14-25(24(26)16-5-6-16)8-10-29-23(19)22(13-18)30-21-7-9-28-15-21/h2-4,11-13,16,21H,5-10,14-15H2,1H3. The molecule has 1 atom stereocenters. The quantitative estimate of drug-likeness (QED) is 0.754. The monoisotopic (exact) mass is 409 g/mol. The third-order valence-electron chi connectivity index (χ3n) is 5.92. The summed E-state index contributed by atoms with van der Waals surface area (Å²) in [6.45, 7) is 2.92. The fourth-order valence-electron chi connectivity index (χ4n) is 4.10. The zero-order valence-corrected chi connectivity index (χ0v) is 17.3. The summed E-state index contributed by atoms with van der Waals surface area (Å²) in [7, 11) is 1.67. The topological polar surface area (TPSA) is 57.2 Å².